The van der Waals surface area contributed by atoms with E-state index in [1.165, 1.54) is 17.7 Å². The Bertz CT molecular complexity index is 807. The largest absolute Gasteiger partial charge is 0.327 e. The van der Waals surface area contributed by atoms with Gasteiger partial charge in [-0.2, -0.15) is 5.10 Å². The van der Waals surface area contributed by atoms with E-state index >= 15 is 0 Å². The summed E-state index contributed by atoms with van der Waals surface area (Å²) in [7, 11) is 0. The van der Waals surface area contributed by atoms with Crippen LogP contribution in [0.15, 0.2) is 36.4 Å². The minimum absolute atomic E-state index is 0.0390. The van der Waals surface area contributed by atoms with Gasteiger partial charge in [-0.25, -0.2) is 14.6 Å². The van der Waals surface area contributed by atoms with E-state index in [0.29, 0.717) is 13.1 Å². The predicted octanol–water partition coefficient (Wildman–Crippen LogP) is 1.80. The van der Waals surface area contributed by atoms with Crippen molar-refractivity contribution >= 4 is 17.2 Å². The van der Waals surface area contributed by atoms with E-state index in [1.54, 1.807) is 11.0 Å². The lowest BCUT2D eigenvalue weighted by Crippen LogP contribution is -2.41. The Balaban J connectivity index is 1.59. The third kappa shape index (κ3) is 2.44. The molecule has 0 saturated heterocycles. The molecule has 1 aliphatic heterocycles. The fourth-order valence-electron chi connectivity index (χ4n) is 2.99. The van der Waals surface area contributed by atoms with Crippen molar-refractivity contribution in [3.63, 3.8) is 0 Å². The van der Waals surface area contributed by atoms with Crippen LogP contribution < -0.4 is 0 Å². The first-order valence-corrected chi connectivity index (χ1v) is 8.33. The molecule has 0 saturated carbocycles. The van der Waals surface area contributed by atoms with E-state index < -0.39 is 0 Å². The Hall–Kier alpha value is -2.48. The molecule has 8 heteroatoms. The Kier molecular flexibility index (Phi) is 3.45. The van der Waals surface area contributed by atoms with Crippen LogP contribution in [0.4, 0.5) is 0 Å². The molecule has 23 heavy (non-hydrogen) atoms. The highest BCUT2D eigenvalue weighted by atomic mass is 32.1. The van der Waals surface area contributed by atoms with Gasteiger partial charge in [0, 0.05) is 13.1 Å². The van der Waals surface area contributed by atoms with Crippen molar-refractivity contribution in [3.05, 3.63) is 52.8 Å². The predicted molar refractivity (Wildman–Crippen MR) is 85.1 cm³/mol. The zero-order chi connectivity index (χ0) is 15.8. The van der Waals surface area contributed by atoms with Gasteiger partial charge in [-0.15, -0.1) is 11.3 Å². The Morgan fingerprint density at radius 2 is 2.35 bits per heavy atom. The molecule has 4 heterocycles. The zero-order valence-electron chi connectivity index (χ0n) is 12.7. The first-order chi connectivity index (χ1) is 11.2. The standard InChI is InChI=1S/C15H16N6OS/c1-11-14-17-7-12(8-19-10-16-9-18-19)21(14)5-4-20(11)15(22)13-3-2-6-23-13/h2-3,6-7,9-11H,4-5,8H2,1H3/t11-/m0/s1. The second-order valence-corrected chi connectivity index (χ2v) is 6.45. The van der Waals surface area contributed by atoms with Crippen LogP contribution in [0.1, 0.15) is 34.2 Å². The molecule has 118 valence electrons. The molecule has 1 aliphatic rings. The third-order valence-corrected chi connectivity index (χ3v) is 5.02. The maximum atomic E-state index is 12.6. The summed E-state index contributed by atoms with van der Waals surface area (Å²) in [6.07, 6.45) is 5.09. The van der Waals surface area contributed by atoms with E-state index in [0.717, 1.165) is 22.9 Å². The summed E-state index contributed by atoms with van der Waals surface area (Å²) in [6, 6.07) is 3.74. The SMILES string of the molecule is C[C@H]1c2ncc(Cn3cncn3)n2CCN1C(=O)c1cccs1. The van der Waals surface area contributed by atoms with Gasteiger partial charge in [-0.05, 0) is 18.4 Å². The van der Waals surface area contributed by atoms with E-state index in [9.17, 15) is 4.79 Å². The van der Waals surface area contributed by atoms with Crippen LogP contribution in [0.3, 0.4) is 0 Å². The number of imidazole rings is 1. The second-order valence-electron chi connectivity index (χ2n) is 5.50. The van der Waals surface area contributed by atoms with Gasteiger partial charge in [0.15, 0.2) is 0 Å². The highest BCUT2D eigenvalue weighted by Crippen LogP contribution is 2.28. The monoisotopic (exact) mass is 328 g/mol. The topological polar surface area (TPSA) is 68.8 Å². The maximum Gasteiger partial charge on any atom is 0.264 e. The van der Waals surface area contributed by atoms with Crippen LogP contribution in [-0.4, -0.2) is 41.7 Å². The summed E-state index contributed by atoms with van der Waals surface area (Å²) in [6.45, 7) is 4.10. The van der Waals surface area contributed by atoms with Gasteiger partial charge < -0.3 is 9.47 Å². The minimum atomic E-state index is -0.0390. The van der Waals surface area contributed by atoms with Gasteiger partial charge in [0.25, 0.3) is 5.91 Å². The molecule has 0 aromatic carbocycles. The van der Waals surface area contributed by atoms with Crippen molar-refractivity contribution in [3.8, 4) is 0 Å². The number of nitrogens with zero attached hydrogens (tertiary/aromatic N) is 6. The van der Waals surface area contributed by atoms with Crippen molar-refractivity contribution in [2.45, 2.75) is 26.1 Å². The average molecular weight is 328 g/mol. The zero-order valence-corrected chi connectivity index (χ0v) is 13.5. The number of aromatic nitrogens is 5. The number of rotatable bonds is 3. The van der Waals surface area contributed by atoms with Crippen molar-refractivity contribution < 1.29 is 4.79 Å². The molecule has 0 radical (unpaired) electrons. The van der Waals surface area contributed by atoms with E-state index in [4.69, 9.17) is 0 Å². The van der Waals surface area contributed by atoms with E-state index in [1.807, 2.05) is 35.5 Å². The van der Waals surface area contributed by atoms with Crippen LogP contribution in [0.25, 0.3) is 0 Å². The van der Waals surface area contributed by atoms with Gasteiger partial charge in [0.2, 0.25) is 0 Å². The van der Waals surface area contributed by atoms with Gasteiger partial charge in [0.1, 0.15) is 18.5 Å². The lowest BCUT2D eigenvalue weighted by Gasteiger charge is -2.34. The fraction of sp³-hybridized carbons (Fsp3) is 0.333. The molecule has 4 rings (SSSR count). The van der Waals surface area contributed by atoms with Crippen LogP contribution in [0.5, 0.6) is 0 Å². The molecule has 1 amide bonds. The number of carbonyl (C=O) groups excluding carboxylic acids is 1. The van der Waals surface area contributed by atoms with Gasteiger partial charge in [-0.1, -0.05) is 6.07 Å². The van der Waals surface area contributed by atoms with Crippen LogP contribution >= 0.6 is 11.3 Å². The van der Waals surface area contributed by atoms with E-state index in [-0.39, 0.29) is 11.9 Å². The smallest absolute Gasteiger partial charge is 0.264 e. The average Bonchev–Trinajstić information content (AvgIpc) is 3.30. The molecule has 7 nitrogen and oxygen atoms in total. The molecule has 0 bridgehead atoms. The fourth-order valence-corrected chi connectivity index (χ4v) is 3.66. The van der Waals surface area contributed by atoms with Gasteiger partial charge >= 0.3 is 0 Å². The van der Waals surface area contributed by atoms with Crippen molar-refractivity contribution in [2.24, 2.45) is 0 Å². The van der Waals surface area contributed by atoms with E-state index in [2.05, 4.69) is 19.6 Å². The molecule has 0 spiro atoms. The molecule has 3 aromatic rings. The summed E-state index contributed by atoms with van der Waals surface area (Å²) in [5.41, 5.74) is 1.08. The van der Waals surface area contributed by atoms with Crippen LogP contribution in [0.2, 0.25) is 0 Å². The molecule has 0 aliphatic carbocycles. The lowest BCUT2D eigenvalue weighted by molar-refractivity contribution is 0.0641. The van der Waals surface area contributed by atoms with Gasteiger partial charge in [-0.3, -0.25) is 4.79 Å². The molecule has 0 fully saturated rings. The first kappa shape index (κ1) is 14.1. The molecule has 0 N–H and O–H groups in total. The second kappa shape index (κ2) is 5.62. The number of hydrogen-bond acceptors (Lipinski definition) is 5. The number of hydrogen-bond donors (Lipinski definition) is 0. The summed E-state index contributed by atoms with van der Waals surface area (Å²) in [4.78, 5) is 23.8. The van der Waals surface area contributed by atoms with Crippen LogP contribution in [0, 0.1) is 0 Å². The Morgan fingerprint density at radius 3 is 3.09 bits per heavy atom. The first-order valence-electron chi connectivity index (χ1n) is 7.45. The summed E-state index contributed by atoms with van der Waals surface area (Å²) < 4.78 is 3.96. The molecule has 1 atom stereocenters. The van der Waals surface area contributed by atoms with Crippen molar-refractivity contribution in [1.29, 1.82) is 0 Å². The lowest BCUT2D eigenvalue weighted by atomic mass is 10.2. The number of carbonyl (C=O) groups is 1. The highest BCUT2D eigenvalue weighted by molar-refractivity contribution is 7.12. The molecule has 0 unspecified atom stereocenters. The van der Waals surface area contributed by atoms with Gasteiger partial charge in [0.05, 0.1) is 29.4 Å². The number of amides is 1. The number of thiophene rings is 1. The van der Waals surface area contributed by atoms with Crippen LogP contribution in [-0.2, 0) is 13.1 Å². The Morgan fingerprint density at radius 1 is 1.43 bits per heavy atom. The maximum absolute atomic E-state index is 12.6. The molecular weight excluding hydrogens is 312 g/mol. The van der Waals surface area contributed by atoms with Crippen molar-refractivity contribution in [2.75, 3.05) is 6.54 Å². The summed E-state index contributed by atoms with van der Waals surface area (Å²) in [5, 5.41) is 6.07. The Labute approximate surface area is 137 Å². The third-order valence-electron chi connectivity index (χ3n) is 4.16. The highest BCUT2D eigenvalue weighted by Gasteiger charge is 2.31. The molecule has 3 aromatic heterocycles. The summed E-state index contributed by atoms with van der Waals surface area (Å²) in [5.74, 6) is 1.01. The quantitative estimate of drug-likeness (QED) is 0.735. The minimum Gasteiger partial charge on any atom is -0.327 e. The molecular formula is C15H16N6OS. The number of fused-ring (bicyclic) bond motifs is 1. The normalized spacial score (nSPS) is 17.3. The van der Waals surface area contributed by atoms with Crippen molar-refractivity contribution in [1.82, 2.24) is 29.2 Å². The summed E-state index contributed by atoms with van der Waals surface area (Å²) >= 11 is 1.48.